The van der Waals surface area contributed by atoms with E-state index in [1.54, 1.807) is 6.26 Å². The number of carboxylic acid groups (broad SMARTS) is 1. The van der Waals surface area contributed by atoms with Crippen molar-refractivity contribution in [3.8, 4) is 0 Å². The lowest BCUT2D eigenvalue weighted by Crippen LogP contribution is -2.29. The lowest BCUT2D eigenvalue weighted by Gasteiger charge is -2.16. The van der Waals surface area contributed by atoms with Gasteiger partial charge >= 0.3 is 6.09 Å². The van der Waals surface area contributed by atoms with Gasteiger partial charge in [-0.25, -0.2) is 4.79 Å². The largest absolute Gasteiger partial charge is 0.465 e. The number of hydrogen-bond donors (Lipinski definition) is 2. The molecule has 1 atom stereocenters. The van der Waals surface area contributed by atoms with Crippen LogP contribution in [0.3, 0.4) is 0 Å². The smallest absolute Gasteiger partial charge is 0.405 e. The van der Waals surface area contributed by atoms with Crippen LogP contribution in [0.2, 0.25) is 0 Å². The van der Waals surface area contributed by atoms with E-state index in [2.05, 4.69) is 5.32 Å². The zero-order chi connectivity index (χ0) is 11.1. The average molecular weight is 227 g/mol. The summed E-state index contributed by atoms with van der Waals surface area (Å²) in [5.74, 6) is 0. The van der Waals surface area contributed by atoms with Crippen LogP contribution in [0.15, 0.2) is 30.3 Å². The van der Waals surface area contributed by atoms with Gasteiger partial charge in [0.2, 0.25) is 0 Å². The highest BCUT2D eigenvalue weighted by molar-refractivity contribution is 7.93. The van der Waals surface area contributed by atoms with Crippen LogP contribution in [-0.4, -0.2) is 24.1 Å². The molecule has 15 heavy (non-hydrogen) atoms. The topological polar surface area (TPSA) is 58.6 Å². The number of benzene rings is 1. The molecule has 0 saturated heterocycles. The van der Waals surface area contributed by atoms with Crippen LogP contribution in [0.4, 0.5) is 4.79 Å². The minimum atomic E-state index is -1.05. The van der Waals surface area contributed by atoms with Crippen LogP contribution >= 0.6 is 12.0 Å². The Labute approximate surface area is 92.8 Å². The SMILES string of the molecule is CSOC[C@H](NC(=O)O)c1ccccc1. The van der Waals surface area contributed by atoms with Crippen LogP contribution in [-0.2, 0) is 4.18 Å². The predicted molar refractivity (Wildman–Crippen MR) is 59.8 cm³/mol. The van der Waals surface area contributed by atoms with E-state index in [0.717, 1.165) is 5.56 Å². The van der Waals surface area contributed by atoms with Crippen molar-refractivity contribution in [2.45, 2.75) is 6.04 Å². The van der Waals surface area contributed by atoms with Gasteiger partial charge in [-0.05, 0) is 17.6 Å². The number of carbonyl (C=O) groups is 1. The van der Waals surface area contributed by atoms with E-state index >= 15 is 0 Å². The van der Waals surface area contributed by atoms with Crippen molar-refractivity contribution < 1.29 is 14.1 Å². The van der Waals surface area contributed by atoms with E-state index in [9.17, 15) is 4.79 Å². The quantitative estimate of drug-likeness (QED) is 0.758. The number of hydrogen-bond acceptors (Lipinski definition) is 3. The molecule has 1 aromatic rings. The van der Waals surface area contributed by atoms with Gasteiger partial charge in [-0.2, -0.15) is 0 Å². The molecule has 0 heterocycles. The molecule has 0 spiro atoms. The molecule has 1 rings (SSSR count). The zero-order valence-electron chi connectivity index (χ0n) is 8.34. The molecule has 1 amide bonds. The van der Waals surface area contributed by atoms with Gasteiger partial charge in [-0.1, -0.05) is 30.3 Å². The fourth-order valence-electron chi connectivity index (χ4n) is 1.19. The van der Waals surface area contributed by atoms with Gasteiger partial charge in [0.05, 0.1) is 12.6 Å². The van der Waals surface area contributed by atoms with E-state index in [0.29, 0.717) is 6.61 Å². The number of nitrogens with one attached hydrogen (secondary N) is 1. The molecule has 0 bridgehead atoms. The van der Waals surface area contributed by atoms with E-state index in [-0.39, 0.29) is 6.04 Å². The molecule has 2 N–H and O–H groups in total. The van der Waals surface area contributed by atoms with Crippen molar-refractivity contribution in [2.24, 2.45) is 0 Å². The second-order valence-corrected chi connectivity index (χ2v) is 3.43. The van der Waals surface area contributed by atoms with E-state index in [1.165, 1.54) is 12.0 Å². The molecule has 0 aliphatic heterocycles. The van der Waals surface area contributed by atoms with Gasteiger partial charge in [0.1, 0.15) is 0 Å². The maximum Gasteiger partial charge on any atom is 0.405 e. The fourth-order valence-corrected chi connectivity index (χ4v) is 1.46. The van der Waals surface area contributed by atoms with Gasteiger partial charge in [-0.15, -0.1) is 0 Å². The molecule has 82 valence electrons. The van der Waals surface area contributed by atoms with Crippen LogP contribution in [0.5, 0.6) is 0 Å². The summed E-state index contributed by atoms with van der Waals surface area (Å²) in [7, 11) is 0. The highest BCUT2D eigenvalue weighted by Gasteiger charge is 2.13. The van der Waals surface area contributed by atoms with Crippen LogP contribution < -0.4 is 5.32 Å². The lowest BCUT2D eigenvalue weighted by atomic mass is 10.1. The lowest BCUT2D eigenvalue weighted by molar-refractivity contribution is 0.184. The minimum Gasteiger partial charge on any atom is -0.465 e. The van der Waals surface area contributed by atoms with Gasteiger partial charge in [0.15, 0.2) is 0 Å². The fraction of sp³-hybridized carbons (Fsp3) is 0.300. The molecule has 0 fully saturated rings. The Kier molecular flexibility index (Phi) is 5.00. The Balaban J connectivity index is 2.67. The Hall–Kier alpha value is -1.20. The normalized spacial score (nSPS) is 12.1. The monoisotopic (exact) mass is 227 g/mol. The molecule has 0 aliphatic carbocycles. The van der Waals surface area contributed by atoms with Gasteiger partial charge in [0.25, 0.3) is 0 Å². The maximum atomic E-state index is 10.6. The Bertz CT molecular complexity index is 305. The summed E-state index contributed by atoms with van der Waals surface area (Å²) in [5, 5.41) is 11.1. The molecule has 1 aromatic carbocycles. The van der Waals surface area contributed by atoms with Crippen molar-refractivity contribution in [1.29, 1.82) is 0 Å². The van der Waals surface area contributed by atoms with Crippen molar-refractivity contribution >= 4 is 18.1 Å². The first-order valence-electron chi connectivity index (χ1n) is 4.44. The zero-order valence-corrected chi connectivity index (χ0v) is 9.16. The molecular formula is C10H13NO3S. The van der Waals surface area contributed by atoms with E-state index in [4.69, 9.17) is 9.29 Å². The highest BCUT2D eigenvalue weighted by Crippen LogP contribution is 2.14. The standard InChI is InChI=1S/C10H13NO3S/c1-15-14-7-9(11-10(12)13)8-5-3-2-4-6-8/h2-6,9,11H,7H2,1H3,(H,12,13)/t9-/m0/s1. The minimum absolute atomic E-state index is 0.317. The average Bonchev–Trinajstić information content (AvgIpc) is 2.25. The predicted octanol–water partition coefficient (Wildman–Crippen LogP) is 2.29. The summed E-state index contributed by atoms with van der Waals surface area (Å²) in [6.07, 6.45) is 0.747. The van der Waals surface area contributed by atoms with Gasteiger partial charge < -0.3 is 14.6 Å². The third-order valence-electron chi connectivity index (χ3n) is 1.85. The summed E-state index contributed by atoms with van der Waals surface area (Å²) >= 11 is 1.22. The molecule has 0 aromatic heterocycles. The van der Waals surface area contributed by atoms with Crippen molar-refractivity contribution in [2.75, 3.05) is 12.9 Å². The summed E-state index contributed by atoms with van der Waals surface area (Å²) < 4.78 is 5.14. The third-order valence-corrected chi connectivity index (χ3v) is 2.22. The first-order valence-corrected chi connectivity index (χ1v) is 5.59. The summed E-state index contributed by atoms with van der Waals surface area (Å²) in [6.45, 7) is 0.317. The second kappa shape index (κ2) is 6.31. The summed E-state index contributed by atoms with van der Waals surface area (Å²) in [5.41, 5.74) is 0.897. The van der Waals surface area contributed by atoms with E-state index in [1.807, 2.05) is 30.3 Å². The first kappa shape index (κ1) is 11.9. The maximum absolute atomic E-state index is 10.6. The molecule has 0 radical (unpaired) electrons. The summed E-state index contributed by atoms with van der Waals surface area (Å²) in [4.78, 5) is 10.6. The Morgan fingerprint density at radius 2 is 2.20 bits per heavy atom. The molecule has 5 heteroatoms. The van der Waals surface area contributed by atoms with Crippen molar-refractivity contribution in [3.05, 3.63) is 35.9 Å². The second-order valence-electron chi connectivity index (χ2n) is 2.86. The highest BCUT2D eigenvalue weighted by atomic mass is 32.2. The summed E-state index contributed by atoms with van der Waals surface area (Å²) in [6, 6.07) is 9.03. The van der Waals surface area contributed by atoms with Crippen LogP contribution in [0.25, 0.3) is 0 Å². The number of amides is 1. The van der Waals surface area contributed by atoms with Gasteiger partial charge in [-0.3, -0.25) is 0 Å². The molecule has 0 unspecified atom stereocenters. The molecular weight excluding hydrogens is 214 g/mol. The third kappa shape index (κ3) is 4.22. The Morgan fingerprint density at radius 1 is 1.53 bits per heavy atom. The number of rotatable bonds is 5. The first-order chi connectivity index (χ1) is 7.24. The Morgan fingerprint density at radius 3 is 2.73 bits per heavy atom. The molecule has 4 nitrogen and oxygen atoms in total. The van der Waals surface area contributed by atoms with E-state index < -0.39 is 6.09 Å². The van der Waals surface area contributed by atoms with Crippen LogP contribution in [0, 0.1) is 0 Å². The van der Waals surface area contributed by atoms with Crippen molar-refractivity contribution in [1.82, 2.24) is 5.32 Å². The molecule has 0 saturated carbocycles. The van der Waals surface area contributed by atoms with Crippen molar-refractivity contribution in [3.63, 3.8) is 0 Å². The van der Waals surface area contributed by atoms with Gasteiger partial charge in [0, 0.05) is 6.26 Å². The van der Waals surface area contributed by atoms with Crippen LogP contribution in [0.1, 0.15) is 11.6 Å². The molecule has 0 aliphatic rings.